The summed E-state index contributed by atoms with van der Waals surface area (Å²) in [5.41, 5.74) is 2.09. The molecule has 1 saturated heterocycles. The molecule has 6 heteroatoms. The van der Waals surface area contributed by atoms with Crippen LogP contribution in [0, 0.1) is 0 Å². The van der Waals surface area contributed by atoms with Crippen LogP contribution in [-0.4, -0.2) is 49.3 Å². The molecule has 29 heavy (non-hydrogen) atoms. The van der Waals surface area contributed by atoms with Crippen molar-refractivity contribution in [3.63, 3.8) is 0 Å². The van der Waals surface area contributed by atoms with Crippen LogP contribution in [0.25, 0.3) is 11.1 Å². The smallest absolute Gasteiger partial charge is 0.199 e. The lowest BCUT2D eigenvalue weighted by atomic mass is 10.1. The Balaban J connectivity index is 1.39. The van der Waals surface area contributed by atoms with Crippen LogP contribution in [0.1, 0.15) is 44.9 Å². The van der Waals surface area contributed by atoms with Gasteiger partial charge in [0, 0.05) is 44.0 Å². The monoisotopic (exact) mass is 400 g/mol. The Labute approximate surface area is 173 Å². The largest absolute Gasteiger partial charge is 0.465 e. The molecular weight excluding hydrogens is 368 g/mol. The molecule has 1 unspecified atom stereocenters. The van der Waals surface area contributed by atoms with E-state index in [0.29, 0.717) is 13.2 Å². The summed E-state index contributed by atoms with van der Waals surface area (Å²) in [6.45, 7) is 5.60. The molecule has 0 radical (unpaired) electrons. The summed E-state index contributed by atoms with van der Waals surface area (Å²) in [5.74, 6) is 1.71. The lowest BCUT2D eigenvalue weighted by molar-refractivity contribution is -0.105. The van der Waals surface area contributed by atoms with E-state index in [1.807, 2.05) is 43.6 Å². The molecule has 3 rings (SSSR count). The number of benzene rings is 1. The van der Waals surface area contributed by atoms with Crippen LogP contribution in [0.2, 0.25) is 0 Å². The number of nitrogens with zero attached hydrogens (tertiary/aromatic N) is 2. The third-order valence-electron chi connectivity index (χ3n) is 4.81. The van der Waals surface area contributed by atoms with E-state index >= 15 is 0 Å². The van der Waals surface area contributed by atoms with Gasteiger partial charge in [0.1, 0.15) is 11.6 Å². The normalized spacial score (nSPS) is 16.7. The van der Waals surface area contributed by atoms with Crippen molar-refractivity contribution in [1.82, 2.24) is 9.97 Å². The molecule has 0 bridgehead atoms. The van der Waals surface area contributed by atoms with Crippen molar-refractivity contribution < 1.29 is 18.9 Å². The molecule has 0 N–H and O–H groups in total. The van der Waals surface area contributed by atoms with Gasteiger partial charge in [-0.1, -0.05) is 12.1 Å². The maximum Gasteiger partial charge on any atom is 0.199 e. The van der Waals surface area contributed by atoms with Gasteiger partial charge in [0.25, 0.3) is 0 Å². The van der Waals surface area contributed by atoms with Gasteiger partial charge in [0.15, 0.2) is 6.29 Å². The maximum atomic E-state index is 5.89. The molecule has 158 valence electrons. The van der Waals surface area contributed by atoms with Gasteiger partial charge in [0.2, 0.25) is 0 Å². The Bertz CT molecular complexity index is 685. The Morgan fingerprint density at radius 2 is 1.72 bits per heavy atom. The molecule has 1 atom stereocenters. The lowest BCUT2D eigenvalue weighted by Gasteiger charge is -2.23. The first-order valence-electron chi connectivity index (χ1n) is 10.7. The third-order valence-corrected chi connectivity index (χ3v) is 4.81. The van der Waals surface area contributed by atoms with Crippen LogP contribution in [-0.2, 0) is 20.6 Å². The second-order valence-electron chi connectivity index (χ2n) is 7.09. The highest BCUT2D eigenvalue weighted by Gasteiger charge is 2.15. The van der Waals surface area contributed by atoms with Crippen molar-refractivity contribution in [3.05, 3.63) is 42.5 Å². The first kappa shape index (κ1) is 21.7. The standard InChI is InChI=1S/C23H32N2O4/c1-2-26-15-16-27-13-5-3-7-22-24-17-20(18-25-22)19-9-11-21(12-10-19)29-23-8-4-6-14-28-23/h9-12,17-18,23H,2-8,13-16H2,1H3. The van der Waals surface area contributed by atoms with Crippen LogP contribution >= 0.6 is 0 Å². The summed E-state index contributed by atoms with van der Waals surface area (Å²) in [7, 11) is 0. The predicted octanol–water partition coefficient (Wildman–Crippen LogP) is 4.42. The van der Waals surface area contributed by atoms with Crippen LogP contribution in [0.15, 0.2) is 36.7 Å². The fourth-order valence-corrected chi connectivity index (χ4v) is 3.17. The molecule has 1 aliphatic heterocycles. The van der Waals surface area contributed by atoms with E-state index in [9.17, 15) is 0 Å². The van der Waals surface area contributed by atoms with Gasteiger partial charge in [-0.2, -0.15) is 0 Å². The van der Waals surface area contributed by atoms with E-state index in [1.165, 1.54) is 0 Å². The third kappa shape index (κ3) is 7.72. The molecule has 1 aromatic carbocycles. The Hall–Kier alpha value is -2.02. The topological polar surface area (TPSA) is 62.7 Å². The molecule has 0 aliphatic carbocycles. The fourth-order valence-electron chi connectivity index (χ4n) is 3.17. The van der Waals surface area contributed by atoms with E-state index in [0.717, 1.165) is 81.0 Å². The first-order chi connectivity index (χ1) is 14.3. The van der Waals surface area contributed by atoms with Gasteiger partial charge in [-0.05, 0) is 50.3 Å². The minimum absolute atomic E-state index is 0.118. The van der Waals surface area contributed by atoms with Crippen LogP contribution in [0.4, 0.5) is 0 Å². The maximum absolute atomic E-state index is 5.89. The van der Waals surface area contributed by atoms with Crippen molar-refractivity contribution in [2.75, 3.05) is 33.0 Å². The molecule has 1 aromatic heterocycles. The number of hydrogen-bond donors (Lipinski definition) is 0. The van der Waals surface area contributed by atoms with Gasteiger partial charge in [-0.25, -0.2) is 9.97 Å². The van der Waals surface area contributed by atoms with Gasteiger partial charge >= 0.3 is 0 Å². The van der Waals surface area contributed by atoms with E-state index in [2.05, 4.69) is 9.97 Å². The number of hydrogen-bond acceptors (Lipinski definition) is 6. The minimum atomic E-state index is -0.118. The summed E-state index contributed by atoms with van der Waals surface area (Å²) in [5, 5.41) is 0. The zero-order valence-corrected chi connectivity index (χ0v) is 17.3. The van der Waals surface area contributed by atoms with Crippen molar-refractivity contribution in [3.8, 4) is 16.9 Å². The quantitative estimate of drug-likeness (QED) is 0.491. The average Bonchev–Trinajstić information content (AvgIpc) is 2.77. The zero-order valence-electron chi connectivity index (χ0n) is 17.3. The number of aryl methyl sites for hydroxylation is 1. The number of rotatable bonds is 12. The molecule has 0 spiro atoms. The Morgan fingerprint density at radius 1 is 0.931 bits per heavy atom. The van der Waals surface area contributed by atoms with E-state index in [4.69, 9.17) is 18.9 Å². The highest BCUT2D eigenvalue weighted by molar-refractivity contribution is 5.62. The lowest BCUT2D eigenvalue weighted by Crippen LogP contribution is -2.24. The Kier molecular flexibility index (Phi) is 9.36. The van der Waals surface area contributed by atoms with E-state index in [-0.39, 0.29) is 6.29 Å². The molecule has 2 heterocycles. The first-order valence-corrected chi connectivity index (χ1v) is 10.7. The highest BCUT2D eigenvalue weighted by Crippen LogP contribution is 2.24. The number of unbranched alkanes of at least 4 members (excludes halogenated alkanes) is 1. The second-order valence-corrected chi connectivity index (χ2v) is 7.09. The molecule has 1 aliphatic rings. The summed E-state index contributed by atoms with van der Waals surface area (Å²) < 4.78 is 22.3. The second kappa shape index (κ2) is 12.5. The van der Waals surface area contributed by atoms with Crippen molar-refractivity contribution >= 4 is 0 Å². The van der Waals surface area contributed by atoms with E-state index < -0.39 is 0 Å². The summed E-state index contributed by atoms with van der Waals surface area (Å²) in [4.78, 5) is 9.01. The zero-order chi connectivity index (χ0) is 20.2. The van der Waals surface area contributed by atoms with Gasteiger partial charge in [-0.3, -0.25) is 0 Å². The number of ether oxygens (including phenoxy) is 4. The van der Waals surface area contributed by atoms with Crippen LogP contribution in [0.5, 0.6) is 5.75 Å². The Morgan fingerprint density at radius 3 is 2.45 bits per heavy atom. The van der Waals surface area contributed by atoms with Crippen molar-refractivity contribution in [1.29, 1.82) is 0 Å². The average molecular weight is 401 g/mol. The molecule has 2 aromatic rings. The van der Waals surface area contributed by atoms with Crippen LogP contribution < -0.4 is 4.74 Å². The molecule has 0 saturated carbocycles. The highest BCUT2D eigenvalue weighted by atomic mass is 16.7. The van der Waals surface area contributed by atoms with Gasteiger partial charge in [-0.15, -0.1) is 0 Å². The van der Waals surface area contributed by atoms with Gasteiger partial charge in [0.05, 0.1) is 19.8 Å². The molecular formula is C23H32N2O4. The van der Waals surface area contributed by atoms with Crippen molar-refractivity contribution in [2.24, 2.45) is 0 Å². The molecule has 1 fully saturated rings. The molecule has 6 nitrogen and oxygen atoms in total. The minimum Gasteiger partial charge on any atom is -0.465 e. The summed E-state index contributed by atoms with van der Waals surface area (Å²) in [6.07, 6.45) is 9.78. The van der Waals surface area contributed by atoms with Gasteiger partial charge < -0.3 is 18.9 Å². The van der Waals surface area contributed by atoms with Crippen LogP contribution in [0.3, 0.4) is 0 Å². The molecule has 0 amide bonds. The predicted molar refractivity (Wildman–Crippen MR) is 112 cm³/mol. The fraction of sp³-hybridized carbons (Fsp3) is 0.565. The SMILES string of the molecule is CCOCCOCCCCc1ncc(-c2ccc(OC3CCCCO3)cc2)cn1. The summed E-state index contributed by atoms with van der Waals surface area (Å²) >= 11 is 0. The van der Waals surface area contributed by atoms with E-state index in [1.54, 1.807) is 0 Å². The number of aromatic nitrogens is 2. The summed E-state index contributed by atoms with van der Waals surface area (Å²) in [6, 6.07) is 8.03. The van der Waals surface area contributed by atoms with Crippen molar-refractivity contribution in [2.45, 2.75) is 51.7 Å².